The van der Waals surface area contributed by atoms with Gasteiger partial charge in [-0.2, -0.15) is 0 Å². The molecule has 1 saturated heterocycles. The summed E-state index contributed by atoms with van der Waals surface area (Å²) in [6.07, 6.45) is 4.37. The Morgan fingerprint density at radius 1 is 1.24 bits per heavy atom. The topological polar surface area (TPSA) is 18.5 Å². The lowest BCUT2D eigenvalue weighted by molar-refractivity contribution is -0.279. The van der Waals surface area contributed by atoms with Gasteiger partial charge in [0, 0.05) is 5.92 Å². The Labute approximate surface area is 103 Å². The van der Waals surface area contributed by atoms with E-state index in [0.717, 1.165) is 6.61 Å². The van der Waals surface area contributed by atoms with E-state index in [4.69, 9.17) is 9.47 Å². The van der Waals surface area contributed by atoms with Crippen molar-refractivity contribution >= 4 is 6.08 Å². The van der Waals surface area contributed by atoms with Crippen molar-refractivity contribution in [2.24, 2.45) is 5.92 Å². The first-order valence-electron chi connectivity index (χ1n) is 6.12. The molecule has 2 atom stereocenters. The van der Waals surface area contributed by atoms with Gasteiger partial charge in [0.25, 0.3) is 0 Å². The van der Waals surface area contributed by atoms with E-state index in [2.05, 4.69) is 31.2 Å². The summed E-state index contributed by atoms with van der Waals surface area (Å²) in [5.41, 5.74) is 1.20. The van der Waals surface area contributed by atoms with E-state index < -0.39 is 5.79 Å². The first kappa shape index (κ1) is 12.3. The summed E-state index contributed by atoms with van der Waals surface area (Å²) in [7, 11) is 0. The highest BCUT2D eigenvalue weighted by Gasteiger charge is 2.32. The van der Waals surface area contributed by atoms with Gasteiger partial charge >= 0.3 is 0 Å². The van der Waals surface area contributed by atoms with Crippen molar-refractivity contribution in [2.45, 2.75) is 32.7 Å². The van der Waals surface area contributed by atoms with Crippen molar-refractivity contribution in [1.29, 1.82) is 0 Å². The van der Waals surface area contributed by atoms with Crippen LogP contribution in [0.3, 0.4) is 0 Å². The quantitative estimate of drug-likeness (QED) is 0.777. The maximum Gasteiger partial charge on any atom is 0.163 e. The highest BCUT2D eigenvalue weighted by atomic mass is 16.7. The van der Waals surface area contributed by atoms with Crippen LogP contribution in [0.25, 0.3) is 6.08 Å². The second-order valence-corrected chi connectivity index (χ2v) is 5.04. The van der Waals surface area contributed by atoms with Crippen LogP contribution in [0.2, 0.25) is 0 Å². The third kappa shape index (κ3) is 3.42. The zero-order valence-electron chi connectivity index (χ0n) is 10.7. The molecule has 1 aliphatic heterocycles. The summed E-state index contributed by atoms with van der Waals surface area (Å²) in [6, 6.07) is 10.3. The minimum Gasteiger partial charge on any atom is -0.350 e. The molecule has 0 N–H and O–H groups in total. The lowest BCUT2D eigenvalue weighted by Crippen LogP contribution is -2.43. The van der Waals surface area contributed by atoms with E-state index in [1.165, 1.54) is 5.56 Å². The first-order valence-corrected chi connectivity index (χ1v) is 6.12. The molecule has 0 saturated carbocycles. The molecular weight excluding hydrogens is 212 g/mol. The molecule has 1 aliphatic rings. The molecule has 2 heteroatoms. The van der Waals surface area contributed by atoms with Crippen LogP contribution in [0.1, 0.15) is 26.3 Å². The van der Waals surface area contributed by atoms with Crippen LogP contribution in [0.4, 0.5) is 0 Å². The van der Waals surface area contributed by atoms with Gasteiger partial charge in [-0.05, 0) is 19.4 Å². The second-order valence-electron chi connectivity index (χ2n) is 5.04. The summed E-state index contributed by atoms with van der Waals surface area (Å²) < 4.78 is 11.5. The van der Waals surface area contributed by atoms with Crippen LogP contribution in [-0.4, -0.2) is 18.5 Å². The zero-order valence-corrected chi connectivity index (χ0v) is 10.7. The van der Waals surface area contributed by atoms with Crippen LogP contribution in [0.5, 0.6) is 0 Å². The summed E-state index contributed by atoms with van der Waals surface area (Å²) in [6.45, 7) is 6.82. The fourth-order valence-corrected chi connectivity index (χ4v) is 1.90. The average Bonchev–Trinajstić information content (AvgIpc) is 2.32. The van der Waals surface area contributed by atoms with Gasteiger partial charge in [0.2, 0.25) is 0 Å². The van der Waals surface area contributed by atoms with Crippen molar-refractivity contribution in [3.8, 4) is 0 Å². The summed E-state index contributed by atoms with van der Waals surface area (Å²) in [5.74, 6) is -0.0823. The highest BCUT2D eigenvalue weighted by Crippen LogP contribution is 2.27. The van der Waals surface area contributed by atoms with Crippen LogP contribution < -0.4 is 0 Å². The van der Waals surface area contributed by atoms with E-state index in [9.17, 15) is 0 Å². The summed E-state index contributed by atoms with van der Waals surface area (Å²) in [4.78, 5) is 0. The predicted octanol–water partition coefficient (Wildman–Crippen LogP) is 3.49. The third-order valence-corrected chi connectivity index (χ3v) is 2.95. The van der Waals surface area contributed by atoms with Crippen molar-refractivity contribution in [3.63, 3.8) is 0 Å². The largest absolute Gasteiger partial charge is 0.350 e. The smallest absolute Gasteiger partial charge is 0.163 e. The van der Waals surface area contributed by atoms with Gasteiger partial charge in [0.1, 0.15) is 0 Å². The van der Waals surface area contributed by atoms with Crippen LogP contribution in [0.15, 0.2) is 36.4 Å². The average molecular weight is 232 g/mol. The van der Waals surface area contributed by atoms with Crippen LogP contribution in [-0.2, 0) is 9.47 Å². The molecule has 0 amide bonds. The molecule has 17 heavy (non-hydrogen) atoms. The zero-order chi connectivity index (χ0) is 12.3. The van der Waals surface area contributed by atoms with Gasteiger partial charge in [-0.3, -0.25) is 0 Å². The fraction of sp³-hybridized carbons (Fsp3) is 0.467. The fourth-order valence-electron chi connectivity index (χ4n) is 1.90. The molecule has 1 heterocycles. The number of benzene rings is 1. The first-order chi connectivity index (χ1) is 8.07. The van der Waals surface area contributed by atoms with Crippen molar-refractivity contribution in [3.05, 3.63) is 42.0 Å². The van der Waals surface area contributed by atoms with E-state index in [0.29, 0.717) is 5.92 Å². The number of rotatable bonds is 2. The minimum absolute atomic E-state index is 0.124. The predicted molar refractivity (Wildman–Crippen MR) is 69.5 cm³/mol. The molecule has 2 nitrogen and oxygen atoms in total. The summed E-state index contributed by atoms with van der Waals surface area (Å²) in [5, 5.41) is 0. The molecular formula is C15H20O2. The lowest BCUT2D eigenvalue weighted by Gasteiger charge is -2.38. The molecule has 1 aromatic rings. The Hall–Kier alpha value is -1.12. The highest BCUT2D eigenvalue weighted by molar-refractivity contribution is 5.49. The molecule has 0 bridgehead atoms. The van der Waals surface area contributed by atoms with Crippen molar-refractivity contribution in [1.82, 2.24) is 0 Å². The maximum atomic E-state index is 5.90. The molecule has 0 unspecified atom stereocenters. The molecule has 92 valence electrons. The molecule has 0 radical (unpaired) electrons. The maximum absolute atomic E-state index is 5.90. The van der Waals surface area contributed by atoms with E-state index in [1.54, 1.807) is 0 Å². The summed E-state index contributed by atoms with van der Waals surface area (Å²) >= 11 is 0. The Kier molecular flexibility index (Phi) is 3.65. The molecule has 0 spiro atoms. The van der Waals surface area contributed by atoms with Crippen LogP contribution >= 0.6 is 0 Å². The van der Waals surface area contributed by atoms with E-state index in [1.807, 2.05) is 32.0 Å². The van der Waals surface area contributed by atoms with Crippen molar-refractivity contribution in [2.75, 3.05) is 6.61 Å². The minimum atomic E-state index is -0.474. The molecule has 2 rings (SSSR count). The van der Waals surface area contributed by atoms with Gasteiger partial charge in [0.15, 0.2) is 5.79 Å². The van der Waals surface area contributed by atoms with E-state index in [-0.39, 0.29) is 6.10 Å². The Morgan fingerprint density at radius 3 is 2.65 bits per heavy atom. The van der Waals surface area contributed by atoms with Crippen LogP contribution in [0, 0.1) is 5.92 Å². The molecule has 1 fully saturated rings. The molecule has 1 aromatic carbocycles. The van der Waals surface area contributed by atoms with Gasteiger partial charge in [0.05, 0.1) is 12.7 Å². The van der Waals surface area contributed by atoms with Gasteiger partial charge in [-0.15, -0.1) is 0 Å². The standard InChI is InChI=1S/C15H20O2/c1-12-11-16-15(2,3)17-14(12)10-9-13-7-5-4-6-8-13/h4-10,12,14H,11H2,1-3H3/b10-9+/t12-,14+/m1/s1. The van der Waals surface area contributed by atoms with Gasteiger partial charge < -0.3 is 9.47 Å². The third-order valence-electron chi connectivity index (χ3n) is 2.95. The van der Waals surface area contributed by atoms with Crippen molar-refractivity contribution < 1.29 is 9.47 Å². The molecule has 0 aliphatic carbocycles. The molecule has 0 aromatic heterocycles. The Morgan fingerprint density at radius 2 is 1.94 bits per heavy atom. The number of ether oxygens (including phenoxy) is 2. The number of hydrogen-bond acceptors (Lipinski definition) is 2. The normalized spacial score (nSPS) is 28.4. The van der Waals surface area contributed by atoms with E-state index >= 15 is 0 Å². The van der Waals surface area contributed by atoms with Gasteiger partial charge in [-0.25, -0.2) is 0 Å². The second kappa shape index (κ2) is 5.03. The SMILES string of the molecule is C[C@@H]1COC(C)(C)O[C@H]1/C=C/c1ccccc1. The van der Waals surface area contributed by atoms with Gasteiger partial charge in [-0.1, -0.05) is 49.4 Å². The Bertz CT molecular complexity index is 381. The lowest BCUT2D eigenvalue weighted by atomic mass is 10.0. The monoisotopic (exact) mass is 232 g/mol. The Balaban J connectivity index is 2.04. The number of hydrogen-bond donors (Lipinski definition) is 0.